The molecule has 9 unspecified atom stereocenters. The van der Waals surface area contributed by atoms with Gasteiger partial charge in [-0.15, -0.1) is 0 Å². The molecule has 1 saturated carbocycles. The number of likely N-dealkylation sites (N-methyl/N-ethyl adjacent to an activating group) is 1. The Kier molecular flexibility index (Phi) is 10.2. The number of ether oxygens (including phenoxy) is 3. The van der Waals surface area contributed by atoms with Crippen LogP contribution in [-0.4, -0.2) is 127 Å². The van der Waals surface area contributed by atoms with Crippen molar-refractivity contribution in [2.75, 3.05) is 54.6 Å². The number of esters is 3. The summed E-state index contributed by atoms with van der Waals surface area (Å²) >= 11 is 0. The third-order valence-electron chi connectivity index (χ3n) is 15.8. The van der Waals surface area contributed by atoms with Crippen molar-refractivity contribution < 1.29 is 43.3 Å². The Morgan fingerprint density at radius 1 is 0.983 bits per heavy atom. The first-order valence-corrected chi connectivity index (χ1v) is 21.1. The number of methoxy groups -OCH3 is 3. The minimum absolute atomic E-state index is 0.00888. The van der Waals surface area contributed by atoms with Gasteiger partial charge in [-0.1, -0.05) is 44.2 Å². The molecule has 1 saturated heterocycles. The summed E-state index contributed by atoms with van der Waals surface area (Å²) in [6.45, 7) is 6.00. The summed E-state index contributed by atoms with van der Waals surface area (Å²) in [6.07, 6.45) is 8.90. The third-order valence-corrected chi connectivity index (χ3v) is 15.8. The first kappa shape index (κ1) is 40.3. The Balaban J connectivity index is 1.34. The van der Waals surface area contributed by atoms with Gasteiger partial charge in [-0.3, -0.25) is 24.1 Å². The van der Waals surface area contributed by atoms with Crippen LogP contribution in [0.4, 0.5) is 0 Å². The maximum absolute atomic E-state index is 15.0. The zero-order valence-electron chi connectivity index (χ0n) is 34.7. The molecule has 4 aliphatic heterocycles. The molecule has 9 atom stereocenters. The Bertz CT molecular complexity index is 2090. The van der Waals surface area contributed by atoms with Gasteiger partial charge in [0, 0.05) is 78.2 Å². The number of benzene rings is 1. The SMILES string of the molecule is CCC1CN(C=O)CCc2c([nH]c3ccccc23)C(C(=O)OC)(C2CCC3=C(C2)C24CCN5CC=CC(CC)(C(C(=O)OC)C(O)(C(=O)OC)C2N3C)C54)CCC1=O. The van der Waals surface area contributed by atoms with E-state index in [9.17, 15) is 24.3 Å². The number of aliphatic hydroxyl groups is 1. The molecule has 8 rings (SSSR count). The van der Waals surface area contributed by atoms with E-state index in [0.717, 1.165) is 39.8 Å². The van der Waals surface area contributed by atoms with Crippen LogP contribution < -0.4 is 0 Å². The molecule has 1 spiro atoms. The fourth-order valence-electron chi connectivity index (χ4n) is 13.5. The average molecular weight is 799 g/mol. The van der Waals surface area contributed by atoms with Gasteiger partial charge in [0.1, 0.15) is 17.1 Å². The van der Waals surface area contributed by atoms with Gasteiger partial charge in [-0.05, 0) is 81.0 Å². The molecule has 2 N–H and O–H groups in total. The first-order chi connectivity index (χ1) is 27.9. The average Bonchev–Trinajstić information content (AvgIpc) is 3.90. The Morgan fingerprint density at radius 3 is 2.43 bits per heavy atom. The van der Waals surface area contributed by atoms with Crippen LogP contribution in [0.15, 0.2) is 47.7 Å². The van der Waals surface area contributed by atoms with E-state index >= 15 is 4.79 Å². The number of Topliss-reactive ketones (excluding diaryl/α,β-unsaturated/α-hetero) is 1. The van der Waals surface area contributed by atoms with Gasteiger partial charge >= 0.3 is 17.9 Å². The highest BCUT2D eigenvalue weighted by molar-refractivity contribution is 5.93. The van der Waals surface area contributed by atoms with Crippen molar-refractivity contribution in [3.8, 4) is 0 Å². The van der Waals surface area contributed by atoms with E-state index in [1.54, 1.807) is 4.90 Å². The quantitative estimate of drug-likeness (QED) is 0.180. The van der Waals surface area contributed by atoms with Crippen molar-refractivity contribution in [2.24, 2.45) is 28.6 Å². The monoisotopic (exact) mass is 798 g/mol. The van der Waals surface area contributed by atoms with Crippen LogP contribution in [0, 0.1) is 28.6 Å². The summed E-state index contributed by atoms with van der Waals surface area (Å²) in [4.78, 5) is 79.9. The Labute approximate surface area is 340 Å². The molecule has 0 radical (unpaired) electrons. The second-order valence-corrected chi connectivity index (χ2v) is 17.6. The molecule has 1 aromatic carbocycles. The van der Waals surface area contributed by atoms with Gasteiger partial charge in [0.05, 0.1) is 27.4 Å². The lowest BCUT2D eigenvalue weighted by molar-refractivity contribution is -0.225. The maximum Gasteiger partial charge on any atom is 0.341 e. The molecule has 2 aliphatic carbocycles. The molecule has 0 bridgehead atoms. The number of nitrogens with one attached hydrogen (secondary N) is 1. The van der Waals surface area contributed by atoms with Crippen molar-refractivity contribution >= 4 is 41.0 Å². The number of nitrogens with zero attached hydrogens (tertiary/aromatic N) is 3. The molecule has 5 heterocycles. The maximum atomic E-state index is 15.0. The van der Waals surface area contributed by atoms with Crippen LogP contribution in [-0.2, 0) is 50.0 Å². The number of para-hydroxylation sites is 1. The van der Waals surface area contributed by atoms with Gasteiger partial charge in [0.2, 0.25) is 6.41 Å². The predicted molar refractivity (Wildman–Crippen MR) is 214 cm³/mol. The molecule has 1 amide bonds. The zero-order chi connectivity index (χ0) is 41.4. The summed E-state index contributed by atoms with van der Waals surface area (Å²) in [5, 5.41) is 14.2. The van der Waals surface area contributed by atoms with Crippen molar-refractivity contribution in [1.29, 1.82) is 0 Å². The van der Waals surface area contributed by atoms with E-state index in [1.807, 2.05) is 62.2 Å². The lowest BCUT2D eigenvalue weighted by Gasteiger charge is -2.64. The van der Waals surface area contributed by atoms with Gasteiger partial charge < -0.3 is 34.1 Å². The van der Waals surface area contributed by atoms with Crippen LogP contribution in [0.2, 0.25) is 0 Å². The van der Waals surface area contributed by atoms with E-state index in [-0.39, 0.29) is 36.5 Å². The van der Waals surface area contributed by atoms with Crippen LogP contribution >= 0.6 is 0 Å². The highest BCUT2D eigenvalue weighted by Gasteiger charge is 2.81. The Morgan fingerprint density at radius 2 is 1.74 bits per heavy atom. The molecule has 58 heavy (non-hydrogen) atoms. The molecule has 1 aromatic heterocycles. The van der Waals surface area contributed by atoms with Crippen molar-refractivity contribution in [3.05, 3.63) is 58.9 Å². The van der Waals surface area contributed by atoms with E-state index < -0.39 is 51.7 Å². The minimum atomic E-state index is -2.28. The van der Waals surface area contributed by atoms with Crippen LogP contribution in [0.5, 0.6) is 0 Å². The minimum Gasteiger partial charge on any atom is -0.469 e. The number of ketones is 1. The Hall–Kier alpha value is -4.49. The van der Waals surface area contributed by atoms with E-state index in [4.69, 9.17) is 14.2 Å². The van der Waals surface area contributed by atoms with E-state index in [2.05, 4.69) is 9.88 Å². The highest BCUT2D eigenvalue weighted by atomic mass is 16.5. The van der Waals surface area contributed by atoms with Crippen molar-refractivity contribution in [3.63, 3.8) is 0 Å². The molecule has 13 heteroatoms. The number of allylic oxidation sites excluding steroid dienone is 1. The second-order valence-electron chi connectivity index (χ2n) is 17.6. The van der Waals surface area contributed by atoms with E-state index in [1.165, 1.54) is 21.3 Å². The van der Waals surface area contributed by atoms with Gasteiger partial charge in [-0.2, -0.15) is 0 Å². The standard InChI is InChI=1S/C45H58N4O9/c1-7-27-25-48(26-50)22-17-30-29-12-9-10-13-32(29)46-36(30)43(40(53)57-5,19-16-34(27)51)28-14-15-33-31(24-28)44-20-23-49-21-11-18-42(8-2,38(44)49)35(37(52)56-4)45(55,41(54)58-6)39(44)47(33)3/h9-13,18,26-28,35,38-39,46,55H,7-8,14-17,19-25H2,1-6H3. The number of hydrogen-bond donors (Lipinski definition) is 2. The number of fused-ring (bicyclic) bond motifs is 3. The number of rotatable bonds is 7. The van der Waals surface area contributed by atoms with Crippen molar-refractivity contribution in [2.45, 2.75) is 94.7 Å². The zero-order valence-corrected chi connectivity index (χ0v) is 34.7. The lowest BCUT2D eigenvalue weighted by Crippen LogP contribution is -2.78. The summed E-state index contributed by atoms with van der Waals surface area (Å²) in [6, 6.07) is 6.83. The topological polar surface area (TPSA) is 159 Å². The van der Waals surface area contributed by atoms with Crippen molar-refractivity contribution in [1.82, 2.24) is 19.7 Å². The fraction of sp³-hybridized carbons (Fsp3) is 0.622. The largest absolute Gasteiger partial charge is 0.469 e. The normalized spacial score (nSPS) is 36.1. The number of carbonyl (C=O) groups is 5. The third kappa shape index (κ3) is 5.23. The summed E-state index contributed by atoms with van der Waals surface area (Å²) in [7, 11) is 5.88. The molecule has 13 nitrogen and oxygen atoms in total. The number of amides is 1. The molecular formula is C45H58N4O9. The molecular weight excluding hydrogens is 741 g/mol. The van der Waals surface area contributed by atoms with Crippen LogP contribution in [0.25, 0.3) is 10.9 Å². The van der Waals surface area contributed by atoms with Gasteiger partial charge in [0.25, 0.3) is 0 Å². The number of aromatic amines is 1. The predicted octanol–water partition coefficient (Wildman–Crippen LogP) is 4.07. The van der Waals surface area contributed by atoms with Crippen LogP contribution in [0.1, 0.15) is 76.5 Å². The van der Waals surface area contributed by atoms with Crippen LogP contribution in [0.3, 0.4) is 0 Å². The first-order valence-electron chi connectivity index (χ1n) is 21.1. The molecule has 312 valence electrons. The number of H-pyrrole nitrogens is 1. The highest BCUT2D eigenvalue weighted by Crippen LogP contribution is 2.71. The summed E-state index contributed by atoms with van der Waals surface area (Å²) in [5.74, 6) is -3.91. The second kappa shape index (κ2) is 14.7. The number of aromatic nitrogens is 1. The molecule has 2 aromatic rings. The lowest BCUT2D eigenvalue weighted by atomic mass is 9.43. The van der Waals surface area contributed by atoms with Gasteiger partial charge in [0.15, 0.2) is 5.60 Å². The smallest absolute Gasteiger partial charge is 0.341 e. The fourth-order valence-corrected chi connectivity index (χ4v) is 13.5. The number of hydrogen-bond acceptors (Lipinski definition) is 11. The number of carbonyl (C=O) groups excluding carboxylic acids is 5. The van der Waals surface area contributed by atoms with Gasteiger partial charge in [-0.25, -0.2) is 4.79 Å². The molecule has 6 aliphatic rings. The summed E-state index contributed by atoms with van der Waals surface area (Å²) in [5.41, 5.74) is -0.743. The van der Waals surface area contributed by atoms with E-state index in [0.29, 0.717) is 71.1 Å². The summed E-state index contributed by atoms with van der Waals surface area (Å²) < 4.78 is 16.7. The molecule has 2 fully saturated rings.